The van der Waals surface area contributed by atoms with Crippen molar-refractivity contribution in [2.45, 2.75) is 20.3 Å². The van der Waals surface area contributed by atoms with Gasteiger partial charge in [0.25, 0.3) is 5.91 Å². The fraction of sp³-hybridized carbons (Fsp3) is 0.292. The number of carbonyl (C=O) groups is 1. The number of nitrogen functional groups attached to an aromatic ring is 1. The number of nitrogens with two attached hydrogens (primary N) is 1. The van der Waals surface area contributed by atoms with E-state index >= 15 is 0 Å². The van der Waals surface area contributed by atoms with Crippen molar-refractivity contribution in [3.8, 4) is 17.2 Å². The first-order valence-corrected chi connectivity index (χ1v) is 10.8. The zero-order valence-electron chi connectivity index (χ0n) is 18.1. The number of anilines is 1. The van der Waals surface area contributed by atoms with Gasteiger partial charge in [-0.05, 0) is 36.6 Å². The SMILES string of the molecule is CC(C)CCNC(=O)c1c(N)n(-c2ccc3c(c2)OCCO3)c2nc3ccccc3nc12. The van der Waals surface area contributed by atoms with Crippen LogP contribution >= 0.6 is 0 Å². The summed E-state index contributed by atoms with van der Waals surface area (Å²) in [5.41, 5.74) is 10.0. The van der Waals surface area contributed by atoms with Crippen molar-refractivity contribution in [1.29, 1.82) is 0 Å². The molecule has 0 unspecified atom stereocenters. The van der Waals surface area contributed by atoms with E-state index in [2.05, 4.69) is 19.2 Å². The fourth-order valence-electron chi connectivity index (χ4n) is 3.88. The number of benzene rings is 2. The third kappa shape index (κ3) is 3.47. The van der Waals surface area contributed by atoms with Gasteiger partial charge in [-0.15, -0.1) is 0 Å². The molecule has 2 aromatic heterocycles. The van der Waals surface area contributed by atoms with Crippen molar-refractivity contribution in [2.24, 2.45) is 5.92 Å². The standard InChI is InChI=1S/C24H25N5O3/c1-14(2)9-10-26-24(30)20-21-23(28-17-6-4-3-5-16(17)27-21)29(22(20)25)15-7-8-18-19(13-15)32-12-11-31-18/h3-8,13-14H,9-12,25H2,1-2H3,(H,26,30). The molecule has 0 saturated carbocycles. The first-order chi connectivity index (χ1) is 15.5. The number of carbonyl (C=O) groups excluding carboxylic acids is 1. The lowest BCUT2D eigenvalue weighted by atomic mass is 10.1. The Balaban J connectivity index is 1.69. The summed E-state index contributed by atoms with van der Waals surface area (Å²) in [4.78, 5) is 22.7. The molecule has 4 aromatic rings. The number of hydrogen-bond acceptors (Lipinski definition) is 6. The van der Waals surface area contributed by atoms with Crippen LogP contribution in [0.3, 0.4) is 0 Å². The second-order valence-electron chi connectivity index (χ2n) is 8.25. The van der Waals surface area contributed by atoms with E-state index in [1.54, 1.807) is 4.57 Å². The second-order valence-corrected chi connectivity index (χ2v) is 8.25. The molecule has 0 fully saturated rings. The first-order valence-electron chi connectivity index (χ1n) is 10.8. The zero-order valence-corrected chi connectivity index (χ0v) is 18.1. The minimum Gasteiger partial charge on any atom is -0.486 e. The number of amides is 1. The molecule has 164 valence electrons. The van der Waals surface area contributed by atoms with E-state index in [4.69, 9.17) is 25.2 Å². The topological polar surface area (TPSA) is 104 Å². The summed E-state index contributed by atoms with van der Waals surface area (Å²) in [6, 6.07) is 13.1. The average molecular weight is 431 g/mol. The van der Waals surface area contributed by atoms with E-state index < -0.39 is 0 Å². The molecule has 0 saturated heterocycles. The predicted molar refractivity (Wildman–Crippen MR) is 124 cm³/mol. The molecule has 1 aliphatic heterocycles. The molecule has 2 aromatic carbocycles. The summed E-state index contributed by atoms with van der Waals surface area (Å²) in [5.74, 6) is 1.82. The predicted octanol–water partition coefficient (Wildman–Crippen LogP) is 3.70. The number of ether oxygens (including phenoxy) is 2. The molecule has 3 N–H and O–H groups in total. The van der Waals surface area contributed by atoms with Gasteiger partial charge in [-0.25, -0.2) is 9.97 Å². The lowest BCUT2D eigenvalue weighted by Gasteiger charge is -2.19. The smallest absolute Gasteiger partial charge is 0.257 e. The largest absolute Gasteiger partial charge is 0.486 e. The van der Waals surface area contributed by atoms with Crippen molar-refractivity contribution in [1.82, 2.24) is 19.9 Å². The van der Waals surface area contributed by atoms with Gasteiger partial charge in [0.05, 0.1) is 16.7 Å². The maximum Gasteiger partial charge on any atom is 0.257 e. The Hall–Kier alpha value is -3.81. The summed E-state index contributed by atoms with van der Waals surface area (Å²) < 4.78 is 13.1. The number of para-hydroxylation sites is 2. The normalized spacial score (nSPS) is 13.1. The molecule has 8 heteroatoms. The molecule has 1 amide bonds. The van der Waals surface area contributed by atoms with Gasteiger partial charge in [0.15, 0.2) is 17.1 Å². The van der Waals surface area contributed by atoms with Crippen LogP contribution in [0.5, 0.6) is 11.5 Å². The Bertz CT molecular complexity index is 1330. The number of fused-ring (bicyclic) bond motifs is 3. The Morgan fingerprint density at radius 1 is 1.09 bits per heavy atom. The lowest BCUT2D eigenvalue weighted by molar-refractivity contribution is 0.0954. The Kier molecular flexibility index (Phi) is 5.05. The van der Waals surface area contributed by atoms with Crippen LogP contribution < -0.4 is 20.5 Å². The maximum atomic E-state index is 13.2. The van der Waals surface area contributed by atoms with Crippen molar-refractivity contribution >= 4 is 33.9 Å². The molecule has 0 spiro atoms. The van der Waals surface area contributed by atoms with E-state index in [1.807, 2.05) is 42.5 Å². The Morgan fingerprint density at radius 2 is 1.81 bits per heavy atom. The quantitative estimate of drug-likeness (QED) is 0.499. The van der Waals surface area contributed by atoms with Gasteiger partial charge in [-0.3, -0.25) is 9.36 Å². The Labute approximate surface area is 185 Å². The first kappa shape index (κ1) is 20.1. The van der Waals surface area contributed by atoms with Crippen LogP contribution in [0.15, 0.2) is 42.5 Å². The molecule has 8 nitrogen and oxygen atoms in total. The van der Waals surface area contributed by atoms with Crippen LogP contribution in [0, 0.1) is 5.92 Å². The summed E-state index contributed by atoms with van der Waals surface area (Å²) in [6.45, 7) is 5.79. The fourth-order valence-corrected chi connectivity index (χ4v) is 3.88. The average Bonchev–Trinajstić information content (AvgIpc) is 3.07. The highest BCUT2D eigenvalue weighted by molar-refractivity contribution is 6.11. The number of hydrogen-bond donors (Lipinski definition) is 2. The van der Waals surface area contributed by atoms with Crippen LogP contribution in [-0.4, -0.2) is 40.2 Å². The summed E-state index contributed by atoms with van der Waals surface area (Å²) in [7, 11) is 0. The number of aromatic nitrogens is 3. The molecule has 0 atom stereocenters. The highest BCUT2D eigenvalue weighted by Gasteiger charge is 2.25. The summed E-state index contributed by atoms with van der Waals surface area (Å²) >= 11 is 0. The van der Waals surface area contributed by atoms with Gasteiger partial charge in [-0.2, -0.15) is 0 Å². The van der Waals surface area contributed by atoms with E-state index in [0.29, 0.717) is 59.4 Å². The lowest BCUT2D eigenvalue weighted by Crippen LogP contribution is -2.26. The van der Waals surface area contributed by atoms with Crippen molar-refractivity contribution in [2.75, 3.05) is 25.5 Å². The summed E-state index contributed by atoms with van der Waals surface area (Å²) in [5, 5.41) is 2.98. The van der Waals surface area contributed by atoms with Crippen LogP contribution in [0.25, 0.3) is 27.9 Å². The third-order valence-electron chi connectivity index (χ3n) is 5.52. The minimum absolute atomic E-state index is 0.256. The van der Waals surface area contributed by atoms with Gasteiger partial charge >= 0.3 is 0 Å². The molecule has 32 heavy (non-hydrogen) atoms. The molecule has 1 aliphatic rings. The van der Waals surface area contributed by atoms with Crippen LogP contribution in [0.2, 0.25) is 0 Å². The van der Waals surface area contributed by atoms with Crippen LogP contribution in [-0.2, 0) is 0 Å². The second kappa shape index (κ2) is 8.03. The van der Waals surface area contributed by atoms with Crippen molar-refractivity contribution < 1.29 is 14.3 Å². The van der Waals surface area contributed by atoms with Gasteiger partial charge in [-0.1, -0.05) is 26.0 Å². The van der Waals surface area contributed by atoms with E-state index in [0.717, 1.165) is 17.6 Å². The van der Waals surface area contributed by atoms with Crippen LogP contribution in [0.4, 0.5) is 5.82 Å². The number of nitrogens with zero attached hydrogens (tertiary/aromatic N) is 3. The van der Waals surface area contributed by atoms with E-state index in [-0.39, 0.29) is 11.7 Å². The minimum atomic E-state index is -0.256. The number of nitrogens with one attached hydrogen (secondary N) is 1. The zero-order chi connectivity index (χ0) is 22.2. The monoisotopic (exact) mass is 431 g/mol. The summed E-state index contributed by atoms with van der Waals surface area (Å²) in [6.07, 6.45) is 0.876. The van der Waals surface area contributed by atoms with Crippen molar-refractivity contribution in [3.63, 3.8) is 0 Å². The van der Waals surface area contributed by atoms with Gasteiger partial charge in [0, 0.05) is 12.6 Å². The maximum absolute atomic E-state index is 13.2. The van der Waals surface area contributed by atoms with Gasteiger partial charge in [0.2, 0.25) is 0 Å². The third-order valence-corrected chi connectivity index (χ3v) is 5.52. The molecule has 0 aliphatic carbocycles. The molecule has 3 heterocycles. The molecule has 5 rings (SSSR count). The van der Waals surface area contributed by atoms with E-state index in [9.17, 15) is 4.79 Å². The molecule has 0 radical (unpaired) electrons. The van der Waals surface area contributed by atoms with Gasteiger partial charge in [0.1, 0.15) is 30.1 Å². The molecule has 0 bridgehead atoms. The molecular weight excluding hydrogens is 406 g/mol. The van der Waals surface area contributed by atoms with Gasteiger partial charge < -0.3 is 20.5 Å². The number of rotatable bonds is 5. The highest BCUT2D eigenvalue weighted by Crippen LogP contribution is 2.36. The van der Waals surface area contributed by atoms with Crippen molar-refractivity contribution in [3.05, 3.63) is 48.0 Å². The highest BCUT2D eigenvalue weighted by atomic mass is 16.6. The Morgan fingerprint density at radius 3 is 2.56 bits per heavy atom. The molecular formula is C24H25N5O3. The van der Waals surface area contributed by atoms with Crippen LogP contribution in [0.1, 0.15) is 30.6 Å². The van der Waals surface area contributed by atoms with E-state index in [1.165, 1.54) is 0 Å².